The summed E-state index contributed by atoms with van der Waals surface area (Å²) in [6, 6.07) is 8.42. The van der Waals surface area contributed by atoms with Crippen molar-refractivity contribution in [3.8, 4) is 11.8 Å². The van der Waals surface area contributed by atoms with Gasteiger partial charge in [0.25, 0.3) is 0 Å². The van der Waals surface area contributed by atoms with Gasteiger partial charge in [0.05, 0.1) is 6.07 Å². The fourth-order valence-electron chi connectivity index (χ4n) is 4.93. The molecule has 0 unspecified atom stereocenters. The van der Waals surface area contributed by atoms with E-state index in [0.29, 0.717) is 23.7 Å². The molecule has 1 aromatic carbocycles. The number of benzene rings is 1. The highest BCUT2D eigenvalue weighted by Gasteiger charge is 2.32. The van der Waals surface area contributed by atoms with Crippen molar-refractivity contribution in [3.63, 3.8) is 0 Å². The molecule has 0 saturated heterocycles. The maximum atomic E-state index is 12.3. The van der Waals surface area contributed by atoms with Gasteiger partial charge in [0.15, 0.2) is 0 Å². The molecule has 0 N–H and O–H groups in total. The van der Waals surface area contributed by atoms with Gasteiger partial charge < -0.3 is 4.74 Å². The van der Waals surface area contributed by atoms with E-state index in [-0.39, 0.29) is 5.75 Å². The number of hydrogen-bond donors (Lipinski definition) is 0. The first-order valence-electron chi connectivity index (χ1n) is 10.5. The smallest absolute Gasteiger partial charge is 0.406 e. The van der Waals surface area contributed by atoms with Crippen LogP contribution in [0.5, 0.6) is 5.75 Å². The second-order valence-corrected chi connectivity index (χ2v) is 8.34. The zero-order valence-electron chi connectivity index (χ0n) is 16.6. The summed E-state index contributed by atoms with van der Waals surface area (Å²) in [6.07, 6.45) is 7.83. The number of alkyl halides is 3. The number of hydrogen-bond acceptors (Lipinski definition) is 2. The van der Waals surface area contributed by atoms with Crippen LogP contribution in [-0.4, -0.2) is 6.36 Å². The molecule has 2 aliphatic carbocycles. The van der Waals surface area contributed by atoms with Gasteiger partial charge in [0, 0.05) is 6.08 Å². The predicted molar refractivity (Wildman–Crippen MR) is 107 cm³/mol. The van der Waals surface area contributed by atoms with Gasteiger partial charge >= 0.3 is 6.36 Å². The van der Waals surface area contributed by atoms with Gasteiger partial charge in [-0.25, -0.2) is 0 Å². The number of halogens is 3. The first kappa shape index (κ1) is 21.5. The predicted octanol–water partition coefficient (Wildman–Crippen LogP) is 7.30. The fraction of sp³-hybridized carbons (Fsp3) is 0.542. The summed E-state index contributed by atoms with van der Waals surface area (Å²) in [4.78, 5) is 0. The Morgan fingerprint density at radius 1 is 0.966 bits per heavy atom. The molecule has 3 rings (SSSR count). The van der Waals surface area contributed by atoms with Crippen molar-refractivity contribution in [1.29, 1.82) is 5.26 Å². The molecular formula is C24H28F3NO. The SMILES string of the molecule is C=C(C1CCC(/C=C/C#N)CC1)C1CCC(c2ccc(OC(F)(F)F)cc2)CC1. The van der Waals surface area contributed by atoms with E-state index < -0.39 is 6.36 Å². The van der Waals surface area contributed by atoms with Crippen LogP contribution >= 0.6 is 0 Å². The Bertz CT molecular complexity index is 744. The number of nitrogens with zero attached hydrogens (tertiary/aromatic N) is 1. The minimum absolute atomic E-state index is 0.163. The van der Waals surface area contributed by atoms with E-state index in [0.717, 1.165) is 56.9 Å². The highest BCUT2D eigenvalue weighted by molar-refractivity contribution is 5.30. The van der Waals surface area contributed by atoms with Gasteiger partial charge in [-0.3, -0.25) is 0 Å². The van der Waals surface area contributed by atoms with Crippen molar-refractivity contribution in [1.82, 2.24) is 0 Å². The van der Waals surface area contributed by atoms with Gasteiger partial charge in [0.2, 0.25) is 0 Å². The molecule has 156 valence electrons. The Kier molecular flexibility index (Phi) is 7.05. The Labute approximate surface area is 171 Å². The van der Waals surface area contributed by atoms with Crippen LogP contribution in [0, 0.1) is 29.1 Å². The summed E-state index contributed by atoms with van der Waals surface area (Å²) in [5, 5.41) is 8.67. The second-order valence-electron chi connectivity index (χ2n) is 8.34. The molecule has 29 heavy (non-hydrogen) atoms. The molecule has 0 bridgehead atoms. The minimum Gasteiger partial charge on any atom is -0.406 e. The van der Waals surface area contributed by atoms with Crippen molar-refractivity contribution in [2.75, 3.05) is 0 Å². The van der Waals surface area contributed by atoms with Crippen molar-refractivity contribution >= 4 is 0 Å². The van der Waals surface area contributed by atoms with Gasteiger partial charge in [-0.15, -0.1) is 13.2 Å². The lowest BCUT2D eigenvalue weighted by Crippen LogP contribution is -2.22. The lowest BCUT2D eigenvalue weighted by Gasteiger charge is -2.35. The van der Waals surface area contributed by atoms with E-state index in [4.69, 9.17) is 5.26 Å². The van der Waals surface area contributed by atoms with Gasteiger partial charge in [0.1, 0.15) is 5.75 Å². The highest BCUT2D eigenvalue weighted by Crippen LogP contribution is 2.44. The number of allylic oxidation sites excluding steroid dienone is 3. The molecule has 2 fully saturated rings. The molecule has 0 radical (unpaired) electrons. The first-order chi connectivity index (χ1) is 13.9. The van der Waals surface area contributed by atoms with E-state index >= 15 is 0 Å². The van der Waals surface area contributed by atoms with E-state index in [9.17, 15) is 13.2 Å². The molecule has 0 spiro atoms. The van der Waals surface area contributed by atoms with E-state index in [1.165, 1.54) is 17.7 Å². The van der Waals surface area contributed by atoms with Crippen LogP contribution in [0.3, 0.4) is 0 Å². The first-order valence-corrected chi connectivity index (χ1v) is 10.5. The Hall–Kier alpha value is -2.22. The normalized spacial score (nSPS) is 28.1. The van der Waals surface area contributed by atoms with Crippen LogP contribution in [0.15, 0.2) is 48.6 Å². The van der Waals surface area contributed by atoms with Crippen LogP contribution in [0.25, 0.3) is 0 Å². The van der Waals surface area contributed by atoms with Gasteiger partial charge in [-0.05, 0) is 92.7 Å². The molecule has 2 saturated carbocycles. The number of ether oxygens (including phenoxy) is 1. The third kappa shape index (κ3) is 6.13. The molecule has 5 heteroatoms. The third-order valence-corrected chi connectivity index (χ3v) is 6.58. The second kappa shape index (κ2) is 9.52. The average molecular weight is 403 g/mol. The minimum atomic E-state index is -4.65. The highest BCUT2D eigenvalue weighted by atomic mass is 19.4. The Morgan fingerprint density at radius 3 is 2.03 bits per heavy atom. The van der Waals surface area contributed by atoms with Crippen LogP contribution in [0.1, 0.15) is 62.8 Å². The quantitative estimate of drug-likeness (QED) is 0.382. The van der Waals surface area contributed by atoms with Crippen LogP contribution in [0.4, 0.5) is 13.2 Å². The molecule has 2 nitrogen and oxygen atoms in total. The maximum Gasteiger partial charge on any atom is 0.573 e. The van der Waals surface area contributed by atoms with E-state index in [2.05, 4.69) is 17.4 Å². The van der Waals surface area contributed by atoms with E-state index in [1.54, 1.807) is 18.2 Å². The monoisotopic (exact) mass is 403 g/mol. The zero-order valence-corrected chi connectivity index (χ0v) is 16.6. The molecule has 0 amide bonds. The summed E-state index contributed by atoms with van der Waals surface area (Å²) in [5.74, 6) is 1.89. The topological polar surface area (TPSA) is 33.0 Å². The van der Waals surface area contributed by atoms with Gasteiger partial charge in [-0.1, -0.05) is 30.4 Å². The van der Waals surface area contributed by atoms with Crippen molar-refractivity contribution in [3.05, 3.63) is 54.1 Å². The maximum absolute atomic E-state index is 12.3. The lowest BCUT2D eigenvalue weighted by molar-refractivity contribution is -0.274. The fourth-order valence-corrected chi connectivity index (χ4v) is 4.93. The van der Waals surface area contributed by atoms with E-state index in [1.807, 2.05) is 6.08 Å². The van der Waals surface area contributed by atoms with Crippen molar-refractivity contribution in [2.45, 2.75) is 63.6 Å². The van der Waals surface area contributed by atoms with Crippen LogP contribution < -0.4 is 4.74 Å². The molecular weight excluding hydrogens is 375 g/mol. The number of rotatable bonds is 5. The van der Waals surface area contributed by atoms with Crippen LogP contribution in [-0.2, 0) is 0 Å². The summed E-state index contributed by atoms with van der Waals surface area (Å²) in [5.41, 5.74) is 2.48. The summed E-state index contributed by atoms with van der Waals surface area (Å²) < 4.78 is 40.9. The molecule has 0 atom stereocenters. The molecule has 2 aliphatic rings. The third-order valence-electron chi connectivity index (χ3n) is 6.58. The standard InChI is InChI=1S/C24H28F3NO/c1-17(19-6-4-18(5-7-19)3-2-16-28)20-8-10-21(11-9-20)22-12-14-23(15-13-22)29-24(25,26)27/h2-3,12-15,18-21H,1,4-11H2/b3-2+. The van der Waals surface area contributed by atoms with Gasteiger partial charge in [-0.2, -0.15) is 5.26 Å². The van der Waals surface area contributed by atoms with Crippen LogP contribution in [0.2, 0.25) is 0 Å². The summed E-state index contributed by atoms with van der Waals surface area (Å²) in [7, 11) is 0. The molecule has 0 aromatic heterocycles. The lowest BCUT2D eigenvalue weighted by atomic mass is 9.70. The Balaban J connectivity index is 1.47. The van der Waals surface area contributed by atoms with Crippen molar-refractivity contribution in [2.24, 2.45) is 17.8 Å². The zero-order chi connectivity index (χ0) is 20.9. The summed E-state index contributed by atoms with van der Waals surface area (Å²) in [6.45, 7) is 4.44. The Morgan fingerprint density at radius 2 is 1.52 bits per heavy atom. The molecule has 0 aliphatic heterocycles. The number of nitriles is 1. The van der Waals surface area contributed by atoms with Crippen molar-refractivity contribution < 1.29 is 17.9 Å². The molecule has 1 aromatic rings. The summed E-state index contributed by atoms with van der Waals surface area (Å²) >= 11 is 0. The average Bonchev–Trinajstić information content (AvgIpc) is 2.72. The largest absolute Gasteiger partial charge is 0.573 e. The molecule has 0 heterocycles.